The number of methoxy groups -OCH3 is 1. The van der Waals surface area contributed by atoms with E-state index in [1.165, 1.54) is 19.3 Å². The molecule has 0 atom stereocenters. The molecule has 1 amide bonds. The number of para-hydroxylation sites is 1. The van der Waals surface area contributed by atoms with Gasteiger partial charge in [-0.2, -0.15) is 0 Å². The van der Waals surface area contributed by atoms with Gasteiger partial charge in [-0.3, -0.25) is 9.69 Å². The summed E-state index contributed by atoms with van der Waals surface area (Å²) in [7, 11) is 3.50. The van der Waals surface area contributed by atoms with Crippen molar-refractivity contribution in [2.75, 3.05) is 14.2 Å². The van der Waals surface area contributed by atoms with Crippen LogP contribution in [0, 0.1) is 0 Å². The monoisotopic (exact) mass is 330 g/mol. The molecule has 5 heteroatoms. The van der Waals surface area contributed by atoms with E-state index in [9.17, 15) is 4.79 Å². The summed E-state index contributed by atoms with van der Waals surface area (Å²) in [6.45, 7) is 0. The molecule has 122 valence electrons. The molecule has 1 aliphatic carbocycles. The minimum absolute atomic E-state index is 0.00954. The topological polar surface area (TPSA) is 32.8 Å². The third kappa shape index (κ3) is 2.98. The number of carbonyl (C=O) groups is 1. The molecule has 1 saturated carbocycles. The molecule has 23 heavy (non-hydrogen) atoms. The summed E-state index contributed by atoms with van der Waals surface area (Å²) in [5.41, 5.74) is 1.50. The number of hydrogen-bond acceptors (Lipinski definition) is 3. The van der Waals surface area contributed by atoms with Gasteiger partial charge in [-0.05, 0) is 37.2 Å². The molecule has 0 spiro atoms. The minimum Gasteiger partial charge on any atom is -0.496 e. The van der Waals surface area contributed by atoms with Crippen molar-refractivity contribution in [2.45, 2.75) is 38.1 Å². The van der Waals surface area contributed by atoms with Crippen LogP contribution in [-0.2, 0) is 4.79 Å². The lowest BCUT2D eigenvalue weighted by molar-refractivity contribution is -0.124. The molecule has 1 aromatic carbocycles. The molecular weight excluding hydrogens is 308 g/mol. The number of carbonyl (C=O) groups excluding carboxylic acids is 1. The van der Waals surface area contributed by atoms with Gasteiger partial charge in [0.2, 0.25) is 0 Å². The number of amides is 1. The summed E-state index contributed by atoms with van der Waals surface area (Å²) in [6, 6.07) is 7.93. The summed E-state index contributed by atoms with van der Waals surface area (Å²) < 4.78 is 5.38. The third-order valence-corrected chi connectivity index (χ3v) is 5.13. The maximum Gasteiger partial charge on any atom is 0.277 e. The zero-order valence-corrected chi connectivity index (χ0v) is 14.4. The molecule has 2 fully saturated rings. The normalized spacial score (nSPS) is 21.4. The Kier molecular flexibility index (Phi) is 4.66. The zero-order valence-electron chi connectivity index (χ0n) is 13.6. The molecule has 1 aliphatic heterocycles. The minimum atomic E-state index is 0.00954. The molecule has 0 bridgehead atoms. The fourth-order valence-corrected chi connectivity index (χ4v) is 3.70. The van der Waals surface area contributed by atoms with Crippen LogP contribution < -0.4 is 4.74 Å². The molecule has 1 aromatic rings. The maximum absolute atomic E-state index is 12.9. The number of likely N-dealkylation sites (N-methyl/N-ethyl adjacent to an activating group) is 1. The average Bonchev–Trinajstić information content (AvgIpc) is 2.80. The number of rotatable bonds is 3. The summed E-state index contributed by atoms with van der Waals surface area (Å²) in [5.74, 6) is 0.763. The Morgan fingerprint density at radius 3 is 2.61 bits per heavy atom. The van der Waals surface area contributed by atoms with Crippen molar-refractivity contribution in [3.05, 3.63) is 35.5 Å². The number of hydrogen-bond donors (Lipinski definition) is 0. The second kappa shape index (κ2) is 6.71. The van der Waals surface area contributed by atoms with E-state index >= 15 is 0 Å². The smallest absolute Gasteiger partial charge is 0.277 e. The van der Waals surface area contributed by atoms with Crippen molar-refractivity contribution in [3.8, 4) is 5.75 Å². The fraction of sp³-hybridized carbons (Fsp3) is 0.444. The molecule has 1 saturated heterocycles. The molecule has 2 aliphatic rings. The number of ether oxygens (including phenoxy) is 1. The third-order valence-electron chi connectivity index (χ3n) is 4.66. The standard InChI is InChI=1S/C18H22N2O2S/c1-19-15(12-13-8-6-7-11-16(13)22-2)17(21)20(18(19)23)14-9-4-3-5-10-14/h6-8,11-12,14H,3-5,9-10H2,1-2H3/b15-12-. The first-order valence-electron chi connectivity index (χ1n) is 8.09. The van der Waals surface area contributed by atoms with Gasteiger partial charge < -0.3 is 9.64 Å². The van der Waals surface area contributed by atoms with Crippen molar-refractivity contribution in [1.29, 1.82) is 0 Å². The Morgan fingerprint density at radius 1 is 1.22 bits per heavy atom. The van der Waals surface area contributed by atoms with Crippen LogP contribution in [-0.4, -0.2) is 41.0 Å². The highest BCUT2D eigenvalue weighted by Gasteiger charge is 2.40. The zero-order chi connectivity index (χ0) is 16.4. The lowest BCUT2D eigenvalue weighted by atomic mass is 9.94. The van der Waals surface area contributed by atoms with Gasteiger partial charge in [0, 0.05) is 18.7 Å². The van der Waals surface area contributed by atoms with Gasteiger partial charge in [0.15, 0.2) is 5.11 Å². The first kappa shape index (κ1) is 16.0. The van der Waals surface area contributed by atoms with Gasteiger partial charge in [0.1, 0.15) is 11.4 Å². The van der Waals surface area contributed by atoms with Crippen molar-refractivity contribution in [2.24, 2.45) is 0 Å². The predicted molar refractivity (Wildman–Crippen MR) is 95.1 cm³/mol. The van der Waals surface area contributed by atoms with Gasteiger partial charge >= 0.3 is 0 Å². The van der Waals surface area contributed by atoms with Gasteiger partial charge in [-0.15, -0.1) is 0 Å². The molecule has 4 nitrogen and oxygen atoms in total. The highest BCUT2D eigenvalue weighted by Crippen LogP contribution is 2.31. The van der Waals surface area contributed by atoms with E-state index in [0.717, 1.165) is 24.2 Å². The average molecular weight is 330 g/mol. The lowest BCUT2D eigenvalue weighted by Gasteiger charge is -2.30. The van der Waals surface area contributed by atoms with Crippen molar-refractivity contribution >= 4 is 29.3 Å². The van der Waals surface area contributed by atoms with Crippen molar-refractivity contribution in [3.63, 3.8) is 0 Å². The molecule has 1 heterocycles. The Hall–Kier alpha value is -1.88. The summed E-state index contributed by atoms with van der Waals surface area (Å²) in [5, 5.41) is 0.614. The van der Waals surface area contributed by atoms with Crippen LogP contribution in [0.15, 0.2) is 30.0 Å². The van der Waals surface area contributed by atoms with Crippen molar-refractivity contribution in [1.82, 2.24) is 9.80 Å². The molecule has 0 N–H and O–H groups in total. The maximum atomic E-state index is 12.9. The van der Waals surface area contributed by atoms with Crippen LogP contribution >= 0.6 is 12.2 Å². The van der Waals surface area contributed by atoms with Crippen LogP contribution in [0.25, 0.3) is 6.08 Å². The summed E-state index contributed by atoms with van der Waals surface area (Å²) in [6.07, 6.45) is 7.56. The van der Waals surface area contributed by atoms with Crippen LogP contribution in [0.4, 0.5) is 0 Å². The fourth-order valence-electron chi connectivity index (χ4n) is 3.37. The van der Waals surface area contributed by atoms with E-state index in [2.05, 4.69) is 0 Å². The van der Waals surface area contributed by atoms with Gasteiger partial charge in [0.05, 0.1) is 7.11 Å². The van der Waals surface area contributed by atoms with Crippen molar-refractivity contribution < 1.29 is 9.53 Å². The van der Waals surface area contributed by atoms with E-state index in [-0.39, 0.29) is 11.9 Å². The largest absolute Gasteiger partial charge is 0.496 e. The van der Waals surface area contributed by atoms with E-state index in [1.807, 2.05) is 47.2 Å². The first-order chi connectivity index (χ1) is 11.1. The summed E-state index contributed by atoms with van der Waals surface area (Å²) >= 11 is 5.53. The van der Waals surface area contributed by atoms with E-state index in [0.29, 0.717) is 10.8 Å². The Bertz CT molecular complexity index is 650. The lowest BCUT2D eigenvalue weighted by Crippen LogP contribution is -2.41. The molecule has 3 rings (SSSR count). The van der Waals surface area contributed by atoms with Gasteiger partial charge in [-0.1, -0.05) is 37.5 Å². The molecular formula is C18H22N2O2S. The van der Waals surface area contributed by atoms with Crippen LogP contribution in [0.3, 0.4) is 0 Å². The van der Waals surface area contributed by atoms with Crippen LogP contribution in [0.1, 0.15) is 37.7 Å². The second-order valence-corrected chi connectivity index (χ2v) is 6.45. The Balaban J connectivity index is 1.92. The highest BCUT2D eigenvalue weighted by molar-refractivity contribution is 7.80. The molecule has 0 unspecified atom stereocenters. The van der Waals surface area contributed by atoms with Gasteiger partial charge in [0.25, 0.3) is 5.91 Å². The van der Waals surface area contributed by atoms with Gasteiger partial charge in [-0.25, -0.2) is 0 Å². The molecule has 0 aromatic heterocycles. The van der Waals surface area contributed by atoms with E-state index in [4.69, 9.17) is 17.0 Å². The Morgan fingerprint density at radius 2 is 1.91 bits per heavy atom. The van der Waals surface area contributed by atoms with E-state index < -0.39 is 0 Å². The molecule has 0 radical (unpaired) electrons. The second-order valence-electron chi connectivity index (χ2n) is 6.08. The number of thiocarbonyl (C=S) groups is 1. The number of benzene rings is 1. The van der Waals surface area contributed by atoms with Crippen LogP contribution in [0.5, 0.6) is 5.75 Å². The highest BCUT2D eigenvalue weighted by atomic mass is 32.1. The quantitative estimate of drug-likeness (QED) is 0.628. The van der Waals surface area contributed by atoms with E-state index in [1.54, 1.807) is 7.11 Å². The number of nitrogens with zero attached hydrogens (tertiary/aromatic N) is 2. The first-order valence-corrected chi connectivity index (χ1v) is 8.50. The summed E-state index contributed by atoms with van der Waals surface area (Å²) in [4.78, 5) is 16.6. The van der Waals surface area contributed by atoms with Crippen LogP contribution in [0.2, 0.25) is 0 Å². The Labute approximate surface area is 142 Å². The predicted octanol–water partition coefficient (Wildman–Crippen LogP) is 3.43. The SMILES string of the molecule is COc1ccccc1/C=C1/C(=O)N(C2CCCCC2)C(=S)N1C.